The molecule has 4 atom stereocenters. The van der Waals surface area contributed by atoms with Crippen LogP contribution in [0.25, 0.3) is 0 Å². The first-order chi connectivity index (χ1) is 11.7. The van der Waals surface area contributed by atoms with Gasteiger partial charge in [0.05, 0.1) is 6.10 Å². The molecule has 1 spiro atoms. The minimum absolute atomic E-state index is 0.0468. The number of ether oxygens (including phenoxy) is 1. The molecule has 2 aliphatic carbocycles. The Morgan fingerprint density at radius 2 is 2.12 bits per heavy atom. The van der Waals surface area contributed by atoms with E-state index in [0.29, 0.717) is 24.0 Å². The van der Waals surface area contributed by atoms with Crippen molar-refractivity contribution in [2.24, 2.45) is 17.3 Å². The quantitative estimate of drug-likeness (QED) is 0.811. The Balaban J connectivity index is 1.26. The molecular weight excluding hydrogens is 302 g/mol. The summed E-state index contributed by atoms with van der Waals surface area (Å²) in [6, 6.07) is 0.387. The fourth-order valence-corrected chi connectivity index (χ4v) is 5.93. The number of carbonyl (C=O) groups excluding carboxylic acids is 1. The van der Waals surface area contributed by atoms with Crippen LogP contribution in [0.3, 0.4) is 0 Å². The lowest BCUT2D eigenvalue weighted by molar-refractivity contribution is -0.126. The second kappa shape index (κ2) is 6.83. The molecule has 0 radical (unpaired) electrons. The molecule has 0 aromatic carbocycles. The Labute approximate surface area is 145 Å². The van der Waals surface area contributed by atoms with Crippen molar-refractivity contribution in [3.8, 4) is 0 Å². The Morgan fingerprint density at radius 1 is 1.29 bits per heavy atom. The van der Waals surface area contributed by atoms with Gasteiger partial charge in [0.25, 0.3) is 0 Å². The number of likely N-dealkylation sites (tertiary alicyclic amines) is 1. The highest BCUT2D eigenvalue weighted by atomic mass is 16.5. The zero-order chi connectivity index (χ0) is 16.6. The summed E-state index contributed by atoms with van der Waals surface area (Å²) < 4.78 is 6.00. The summed E-state index contributed by atoms with van der Waals surface area (Å²) in [6.07, 6.45) is 9.01. The van der Waals surface area contributed by atoms with E-state index in [4.69, 9.17) is 4.74 Å². The van der Waals surface area contributed by atoms with E-state index in [1.807, 2.05) is 0 Å². The van der Waals surface area contributed by atoms with Crippen molar-refractivity contribution in [2.45, 2.75) is 64.0 Å². The highest BCUT2D eigenvalue weighted by Crippen LogP contribution is 2.60. The van der Waals surface area contributed by atoms with E-state index in [2.05, 4.69) is 22.5 Å². The van der Waals surface area contributed by atoms with Crippen molar-refractivity contribution >= 4 is 6.03 Å². The van der Waals surface area contributed by atoms with Gasteiger partial charge >= 0.3 is 6.03 Å². The van der Waals surface area contributed by atoms with Gasteiger partial charge in [0.2, 0.25) is 0 Å². The van der Waals surface area contributed by atoms with Crippen LogP contribution >= 0.6 is 0 Å². The van der Waals surface area contributed by atoms with Crippen LogP contribution in [0.4, 0.5) is 4.79 Å². The van der Waals surface area contributed by atoms with Crippen molar-refractivity contribution in [3.05, 3.63) is 0 Å². The van der Waals surface area contributed by atoms with Gasteiger partial charge in [0.1, 0.15) is 0 Å². The van der Waals surface area contributed by atoms with Crippen LogP contribution < -0.4 is 10.6 Å². The van der Waals surface area contributed by atoms with Gasteiger partial charge in [0.15, 0.2) is 0 Å². The monoisotopic (exact) mass is 335 g/mol. The molecule has 5 heteroatoms. The van der Waals surface area contributed by atoms with E-state index in [-0.39, 0.29) is 11.4 Å². The molecule has 4 rings (SSSR count). The Bertz CT molecular complexity index is 464. The van der Waals surface area contributed by atoms with Crippen LogP contribution in [-0.4, -0.2) is 55.9 Å². The van der Waals surface area contributed by atoms with Crippen LogP contribution in [0.15, 0.2) is 0 Å². The zero-order valence-corrected chi connectivity index (χ0v) is 15.1. The number of nitrogens with one attached hydrogen (secondary N) is 2. The van der Waals surface area contributed by atoms with Crippen LogP contribution in [0.2, 0.25) is 0 Å². The first kappa shape index (κ1) is 16.6. The SMILES string of the molecule is CCCN1CC[C@H](CNC(=O)N[C@@H]2[C@@H]3CCO[C@@H]3C23CCCC3)C1. The Morgan fingerprint density at radius 3 is 2.92 bits per heavy atom. The summed E-state index contributed by atoms with van der Waals surface area (Å²) in [4.78, 5) is 15.0. The van der Waals surface area contributed by atoms with Gasteiger partial charge in [-0.15, -0.1) is 0 Å². The fourth-order valence-electron chi connectivity index (χ4n) is 5.93. The molecule has 0 unspecified atom stereocenters. The zero-order valence-electron chi connectivity index (χ0n) is 15.1. The lowest BCUT2D eigenvalue weighted by Gasteiger charge is -2.56. The van der Waals surface area contributed by atoms with Crippen molar-refractivity contribution in [2.75, 3.05) is 32.8 Å². The molecular formula is C19H33N3O2. The number of carbonyl (C=O) groups is 1. The van der Waals surface area contributed by atoms with E-state index < -0.39 is 0 Å². The highest BCUT2D eigenvalue weighted by Gasteiger charge is 2.65. The number of hydrogen-bond acceptors (Lipinski definition) is 3. The maximum absolute atomic E-state index is 12.5. The van der Waals surface area contributed by atoms with E-state index in [0.717, 1.165) is 26.1 Å². The van der Waals surface area contributed by atoms with Crippen molar-refractivity contribution < 1.29 is 9.53 Å². The van der Waals surface area contributed by atoms with Crippen LogP contribution in [0.1, 0.15) is 51.9 Å². The van der Waals surface area contributed by atoms with Gasteiger partial charge in [-0.25, -0.2) is 4.79 Å². The van der Waals surface area contributed by atoms with Crippen molar-refractivity contribution in [1.82, 2.24) is 15.5 Å². The summed E-state index contributed by atoms with van der Waals surface area (Å²) >= 11 is 0. The maximum Gasteiger partial charge on any atom is 0.315 e. The summed E-state index contributed by atoms with van der Waals surface area (Å²) in [5.74, 6) is 1.17. The van der Waals surface area contributed by atoms with E-state index in [9.17, 15) is 4.79 Å². The number of hydrogen-bond donors (Lipinski definition) is 2. The molecule has 0 aromatic heterocycles. The average Bonchev–Trinajstić information content (AvgIpc) is 3.30. The van der Waals surface area contributed by atoms with Gasteiger partial charge < -0.3 is 20.3 Å². The minimum atomic E-state index is 0.0468. The summed E-state index contributed by atoms with van der Waals surface area (Å²) in [5.41, 5.74) is 0.254. The summed E-state index contributed by atoms with van der Waals surface area (Å²) in [6.45, 7) is 7.45. The number of rotatable bonds is 5. The summed E-state index contributed by atoms with van der Waals surface area (Å²) in [7, 11) is 0. The van der Waals surface area contributed by atoms with E-state index >= 15 is 0 Å². The molecule has 5 nitrogen and oxygen atoms in total. The second-order valence-electron chi connectivity index (χ2n) is 8.47. The van der Waals surface area contributed by atoms with E-state index in [1.165, 1.54) is 51.6 Å². The fraction of sp³-hybridized carbons (Fsp3) is 0.947. The lowest BCUT2D eigenvalue weighted by atomic mass is 9.54. The third-order valence-corrected chi connectivity index (χ3v) is 7.03. The molecule has 0 bridgehead atoms. The smallest absolute Gasteiger partial charge is 0.315 e. The Kier molecular flexibility index (Phi) is 4.74. The predicted octanol–water partition coefficient (Wildman–Crippen LogP) is 2.37. The maximum atomic E-state index is 12.5. The molecule has 2 saturated carbocycles. The Hall–Kier alpha value is -0.810. The van der Waals surface area contributed by atoms with Crippen LogP contribution in [0, 0.1) is 17.3 Å². The van der Waals surface area contributed by atoms with Gasteiger partial charge in [-0.2, -0.15) is 0 Å². The molecule has 0 aromatic rings. The molecule has 2 saturated heterocycles. The third kappa shape index (κ3) is 2.84. The van der Waals surface area contributed by atoms with Gasteiger partial charge in [-0.05, 0) is 51.1 Å². The van der Waals surface area contributed by atoms with Crippen molar-refractivity contribution in [1.29, 1.82) is 0 Å². The molecule has 2 amide bonds. The second-order valence-corrected chi connectivity index (χ2v) is 8.47. The molecule has 2 N–H and O–H groups in total. The van der Waals surface area contributed by atoms with Gasteiger partial charge in [0, 0.05) is 37.1 Å². The normalized spacial score (nSPS) is 37.4. The minimum Gasteiger partial charge on any atom is -0.377 e. The van der Waals surface area contributed by atoms with Gasteiger partial charge in [-0.1, -0.05) is 19.8 Å². The third-order valence-electron chi connectivity index (χ3n) is 7.03. The number of amides is 2. The molecule has 136 valence electrons. The number of nitrogens with zero attached hydrogens (tertiary/aromatic N) is 1. The summed E-state index contributed by atoms with van der Waals surface area (Å²) in [5, 5.41) is 6.49. The van der Waals surface area contributed by atoms with Crippen LogP contribution in [-0.2, 0) is 4.74 Å². The van der Waals surface area contributed by atoms with Crippen molar-refractivity contribution in [3.63, 3.8) is 0 Å². The number of urea groups is 1. The first-order valence-corrected chi connectivity index (χ1v) is 10.1. The average molecular weight is 335 g/mol. The highest BCUT2D eigenvalue weighted by molar-refractivity contribution is 5.74. The lowest BCUT2D eigenvalue weighted by Crippen LogP contribution is -2.69. The predicted molar refractivity (Wildman–Crippen MR) is 93.9 cm³/mol. The molecule has 24 heavy (non-hydrogen) atoms. The molecule has 4 fully saturated rings. The molecule has 2 heterocycles. The van der Waals surface area contributed by atoms with Gasteiger partial charge in [-0.3, -0.25) is 0 Å². The van der Waals surface area contributed by atoms with E-state index in [1.54, 1.807) is 0 Å². The topological polar surface area (TPSA) is 53.6 Å². The molecule has 2 aliphatic heterocycles. The molecule has 4 aliphatic rings. The number of fused-ring (bicyclic) bond motifs is 2. The first-order valence-electron chi connectivity index (χ1n) is 10.1. The largest absolute Gasteiger partial charge is 0.377 e. The standard InChI is InChI=1S/C19H33N3O2/c1-2-9-22-10-5-14(13-22)12-20-18(23)21-16-15-6-11-24-17(15)19(16)7-3-4-8-19/h14-17H,2-13H2,1H3,(H2,20,21,23)/t14-,15+,16-,17+/m1/s1. The van der Waals surface area contributed by atoms with Crippen LogP contribution in [0.5, 0.6) is 0 Å².